The molecule has 0 saturated heterocycles. The van der Waals surface area contributed by atoms with E-state index in [1.54, 1.807) is 0 Å². The topological polar surface area (TPSA) is 75.3 Å². The standard InChI is InChI=1S/C13H20Cl2N2O2/c14-6-3-10-2-1-4-13(8-10,5-7-15)9-11(17-16)12(18)19/h1-2,4,11,17H,3,5-9,16H2,(H,18,19)/t11-,13?/m0/s1. The molecule has 0 amide bonds. The van der Waals surface area contributed by atoms with Crippen LogP contribution in [0.4, 0.5) is 0 Å². The van der Waals surface area contributed by atoms with Gasteiger partial charge in [0.15, 0.2) is 0 Å². The van der Waals surface area contributed by atoms with Gasteiger partial charge < -0.3 is 5.11 Å². The zero-order valence-electron chi connectivity index (χ0n) is 10.7. The van der Waals surface area contributed by atoms with Crippen LogP contribution in [-0.2, 0) is 4.79 Å². The number of alkyl halides is 2. The Morgan fingerprint density at radius 2 is 2.26 bits per heavy atom. The molecule has 0 aromatic rings. The van der Waals surface area contributed by atoms with Gasteiger partial charge in [0.2, 0.25) is 0 Å². The van der Waals surface area contributed by atoms with E-state index < -0.39 is 12.0 Å². The minimum atomic E-state index is -0.946. The lowest BCUT2D eigenvalue weighted by Crippen LogP contribution is -2.45. The van der Waals surface area contributed by atoms with E-state index in [4.69, 9.17) is 34.2 Å². The highest BCUT2D eigenvalue weighted by Crippen LogP contribution is 2.40. The maximum Gasteiger partial charge on any atom is 0.322 e. The van der Waals surface area contributed by atoms with Crippen LogP contribution < -0.4 is 11.3 Å². The predicted molar refractivity (Wildman–Crippen MR) is 78.3 cm³/mol. The van der Waals surface area contributed by atoms with Gasteiger partial charge in [0.05, 0.1) is 0 Å². The van der Waals surface area contributed by atoms with Crippen LogP contribution in [0.1, 0.15) is 25.7 Å². The molecular formula is C13H20Cl2N2O2. The minimum absolute atomic E-state index is 0.257. The van der Waals surface area contributed by atoms with Crippen LogP contribution in [0.2, 0.25) is 0 Å². The zero-order chi connectivity index (χ0) is 14.3. The number of carboxylic acids is 1. The molecule has 1 aliphatic rings. The molecule has 108 valence electrons. The zero-order valence-corrected chi connectivity index (χ0v) is 12.3. The van der Waals surface area contributed by atoms with Crippen LogP contribution in [0, 0.1) is 5.41 Å². The third kappa shape index (κ3) is 4.80. The number of hydrazine groups is 1. The summed E-state index contributed by atoms with van der Waals surface area (Å²) in [6.45, 7) is 0. The summed E-state index contributed by atoms with van der Waals surface area (Å²) < 4.78 is 0. The lowest BCUT2D eigenvalue weighted by Gasteiger charge is -2.35. The first kappa shape index (κ1) is 16.5. The van der Waals surface area contributed by atoms with Gasteiger partial charge in [0.25, 0.3) is 0 Å². The molecule has 0 radical (unpaired) electrons. The van der Waals surface area contributed by atoms with Crippen molar-refractivity contribution in [3.8, 4) is 0 Å². The summed E-state index contributed by atoms with van der Waals surface area (Å²) in [6, 6.07) is -0.775. The van der Waals surface area contributed by atoms with Gasteiger partial charge in [0.1, 0.15) is 6.04 Å². The minimum Gasteiger partial charge on any atom is -0.480 e. The van der Waals surface area contributed by atoms with Crippen molar-refractivity contribution in [1.82, 2.24) is 5.43 Å². The number of hydrogen-bond acceptors (Lipinski definition) is 3. The van der Waals surface area contributed by atoms with Crippen molar-refractivity contribution >= 4 is 29.2 Å². The number of halogens is 2. The Labute approximate surface area is 123 Å². The Morgan fingerprint density at radius 3 is 2.79 bits per heavy atom. The first-order valence-electron chi connectivity index (χ1n) is 6.25. The maximum atomic E-state index is 11.1. The Kier molecular flexibility index (Phi) is 6.86. The largest absolute Gasteiger partial charge is 0.480 e. The van der Waals surface area contributed by atoms with Gasteiger partial charge in [-0.3, -0.25) is 10.6 Å². The average Bonchev–Trinajstić information content (AvgIpc) is 2.37. The van der Waals surface area contributed by atoms with Gasteiger partial charge in [-0.15, -0.1) is 23.2 Å². The molecule has 0 fully saturated rings. The number of aliphatic carboxylic acids is 1. The predicted octanol–water partition coefficient (Wildman–Crippen LogP) is 2.42. The number of carboxylic acid groups (broad SMARTS) is 1. The number of nitrogens with two attached hydrogens (primary N) is 1. The number of allylic oxidation sites excluding steroid dienone is 4. The van der Waals surface area contributed by atoms with Crippen molar-refractivity contribution < 1.29 is 9.90 Å². The van der Waals surface area contributed by atoms with E-state index in [1.165, 1.54) is 5.57 Å². The van der Waals surface area contributed by atoms with Gasteiger partial charge in [-0.05, 0) is 31.1 Å². The fraction of sp³-hybridized carbons (Fsp3) is 0.615. The van der Waals surface area contributed by atoms with Crippen molar-refractivity contribution in [2.75, 3.05) is 11.8 Å². The Bertz CT molecular complexity index is 372. The normalized spacial score (nSPS) is 24.1. The smallest absolute Gasteiger partial charge is 0.322 e. The second-order valence-corrected chi connectivity index (χ2v) is 5.62. The van der Waals surface area contributed by atoms with Crippen LogP contribution in [0.5, 0.6) is 0 Å². The summed E-state index contributed by atoms with van der Waals surface area (Å²) in [4.78, 5) is 11.1. The third-order valence-corrected chi connectivity index (χ3v) is 3.86. The van der Waals surface area contributed by atoms with Crippen molar-refractivity contribution in [2.24, 2.45) is 11.3 Å². The van der Waals surface area contributed by atoms with E-state index in [0.29, 0.717) is 18.2 Å². The molecule has 4 N–H and O–H groups in total. The molecule has 0 heterocycles. The first-order valence-corrected chi connectivity index (χ1v) is 7.32. The van der Waals surface area contributed by atoms with Crippen molar-refractivity contribution in [3.05, 3.63) is 23.8 Å². The number of carbonyl (C=O) groups is 1. The molecule has 1 aliphatic carbocycles. The second-order valence-electron chi connectivity index (χ2n) is 4.86. The molecule has 0 aromatic carbocycles. The summed E-state index contributed by atoms with van der Waals surface area (Å²) in [5.74, 6) is 5.41. The molecule has 0 saturated carbocycles. The van der Waals surface area contributed by atoms with Crippen molar-refractivity contribution in [3.63, 3.8) is 0 Å². The van der Waals surface area contributed by atoms with Crippen LogP contribution in [0.15, 0.2) is 23.8 Å². The molecular weight excluding hydrogens is 287 g/mol. The third-order valence-electron chi connectivity index (χ3n) is 3.48. The van der Waals surface area contributed by atoms with Crippen LogP contribution in [0.3, 0.4) is 0 Å². The fourth-order valence-corrected chi connectivity index (χ4v) is 3.10. The fourth-order valence-electron chi connectivity index (χ4n) is 2.48. The number of rotatable bonds is 8. The number of nitrogens with one attached hydrogen (secondary N) is 1. The quantitative estimate of drug-likeness (QED) is 0.366. The second kappa shape index (κ2) is 7.90. The lowest BCUT2D eigenvalue weighted by molar-refractivity contribution is -0.140. The van der Waals surface area contributed by atoms with E-state index in [9.17, 15) is 4.79 Å². The number of hydrogen-bond donors (Lipinski definition) is 3. The van der Waals surface area contributed by atoms with Gasteiger partial charge >= 0.3 is 5.97 Å². The van der Waals surface area contributed by atoms with Gasteiger partial charge in [-0.25, -0.2) is 5.43 Å². The van der Waals surface area contributed by atoms with E-state index >= 15 is 0 Å². The average molecular weight is 307 g/mol. The summed E-state index contributed by atoms with van der Waals surface area (Å²) in [6.07, 6.45) is 8.78. The van der Waals surface area contributed by atoms with E-state index in [2.05, 4.69) is 5.43 Å². The van der Waals surface area contributed by atoms with Crippen LogP contribution in [0.25, 0.3) is 0 Å². The lowest BCUT2D eigenvalue weighted by atomic mass is 9.71. The highest BCUT2D eigenvalue weighted by Gasteiger charge is 2.34. The van der Waals surface area contributed by atoms with Gasteiger partial charge in [-0.2, -0.15) is 0 Å². The molecule has 0 spiro atoms. The summed E-state index contributed by atoms with van der Waals surface area (Å²) >= 11 is 11.6. The molecule has 2 atom stereocenters. The Hall–Kier alpha value is -0.550. The van der Waals surface area contributed by atoms with Gasteiger partial charge in [0, 0.05) is 11.8 Å². The van der Waals surface area contributed by atoms with Crippen LogP contribution in [-0.4, -0.2) is 28.9 Å². The molecule has 0 aliphatic heterocycles. The van der Waals surface area contributed by atoms with Crippen molar-refractivity contribution in [2.45, 2.75) is 31.7 Å². The van der Waals surface area contributed by atoms with Crippen molar-refractivity contribution in [1.29, 1.82) is 0 Å². The molecule has 19 heavy (non-hydrogen) atoms. The summed E-state index contributed by atoms with van der Waals surface area (Å²) in [5.41, 5.74) is 3.33. The molecule has 6 heteroatoms. The van der Waals surface area contributed by atoms with E-state index in [1.807, 2.05) is 18.2 Å². The van der Waals surface area contributed by atoms with E-state index in [0.717, 1.165) is 19.3 Å². The molecule has 1 unspecified atom stereocenters. The highest BCUT2D eigenvalue weighted by molar-refractivity contribution is 6.18. The monoisotopic (exact) mass is 306 g/mol. The van der Waals surface area contributed by atoms with Crippen LogP contribution >= 0.6 is 23.2 Å². The maximum absolute atomic E-state index is 11.1. The molecule has 4 nitrogen and oxygen atoms in total. The summed E-state index contributed by atoms with van der Waals surface area (Å²) in [5, 5.41) is 9.12. The SMILES string of the molecule is NN[C@@H](CC1(CCCl)C=CC=C(CCCl)C1)C(=O)O. The first-order chi connectivity index (χ1) is 9.06. The van der Waals surface area contributed by atoms with E-state index in [-0.39, 0.29) is 5.41 Å². The van der Waals surface area contributed by atoms with Gasteiger partial charge in [-0.1, -0.05) is 23.8 Å². The molecule has 0 aromatic heterocycles. The molecule has 1 rings (SSSR count). The molecule has 0 bridgehead atoms. The highest BCUT2D eigenvalue weighted by atomic mass is 35.5. The Morgan fingerprint density at radius 1 is 1.53 bits per heavy atom. The summed E-state index contributed by atoms with van der Waals surface area (Å²) in [7, 11) is 0. The Balaban J connectivity index is 2.84.